The molecule has 0 aliphatic carbocycles. The van der Waals surface area contributed by atoms with Gasteiger partial charge in [0, 0.05) is 37.5 Å². The fourth-order valence-electron chi connectivity index (χ4n) is 1.90. The molecule has 0 aliphatic rings. The number of aromatic nitrogens is 1. The molecule has 0 atom stereocenters. The quantitative estimate of drug-likeness (QED) is 0.808. The zero-order chi connectivity index (χ0) is 14.3. The summed E-state index contributed by atoms with van der Waals surface area (Å²) in [5.74, 6) is 0.906. The van der Waals surface area contributed by atoms with Crippen LogP contribution >= 0.6 is 0 Å². The number of likely N-dealkylation sites (N-methyl/N-ethyl adjacent to an activating group) is 1. The molecule has 0 bridgehead atoms. The van der Waals surface area contributed by atoms with E-state index in [-0.39, 0.29) is 5.91 Å². The highest BCUT2D eigenvalue weighted by molar-refractivity contribution is 5.78. The number of ether oxygens (including phenoxy) is 1. The van der Waals surface area contributed by atoms with Gasteiger partial charge in [0.15, 0.2) is 0 Å². The number of pyridine rings is 1. The van der Waals surface area contributed by atoms with E-state index in [0.717, 1.165) is 30.2 Å². The molecule has 0 aromatic carbocycles. The van der Waals surface area contributed by atoms with Crippen LogP contribution in [0, 0.1) is 6.92 Å². The molecule has 1 aromatic heterocycles. The van der Waals surface area contributed by atoms with E-state index in [0.29, 0.717) is 13.1 Å². The third-order valence-electron chi connectivity index (χ3n) is 2.91. The molecule has 0 radical (unpaired) electrons. The number of rotatable bonds is 7. The average Bonchev–Trinajstić information content (AvgIpc) is 2.39. The topological polar surface area (TPSA) is 54.5 Å². The minimum Gasteiger partial charge on any atom is -0.497 e. The highest BCUT2D eigenvalue weighted by Crippen LogP contribution is 2.12. The van der Waals surface area contributed by atoms with E-state index < -0.39 is 0 Å². The van der Waals surface area contributed by atoms with Crippen LogP contribution in [0.15, 0.2) is 12.1 Å². The van der Waals surface area contributed by atoms with Crippen molar-refractivity contribution < 1.29 is 9.53 Å². The van der Waals surface area contributed by atoms with Gasteiger partial charge in [-0.25, -0.2) is 0 Å². The van der Waals surface area contributed by atoms with Crippen LogP contribution in [0.1, 0.15) is 25.2 Å². The molecule has 5 heteroatoms. The Labute approximate surface area is 115 Å². The summed E-state index contributed by atoms with van der Waals surface area (Å²) in [4.78, 5) is 18.0. The highest BCUT2D eigenvalue weighted by atomic mass is 16.5. The molecule has 0 saturated carbocycles. The molecule has 0 spiro atoms. The van der Waals surface area contributed by atoms with Crippen molar-refractivity contribution in [3.05, 3.63) is 23.5 Å². The lowest BCUT2D eigenvalue weighted by Gasteiger charge is -2.18. The Hall–Kier alpha value is -1.62. The van der Waals surface area contributed by atoms with E-state index in [1.54, 1.807) is 12.0 Å². The molecule has 1 heterocycles. The van der Waals surface area contributed by atoms with E-state index in [2.05, 4.69) is 10.3 Å². The average molecular weight is 265 g/mol. The molecule has 1 amide bonds. The van der Waals surface area contributed by atoms with Crippen molar-refractivity contribution in [3.63, 3.8) is 0 Å². The van der Waals surface area contributed by atoms with Gasteiger partial charge in [-0.15, -0.1) is 0 Å². The standard InChI is InChI=1S/C14H23N3O2/c1-5-17(6-2)14(18)10-15-9-12-8-13(19-4)7-11(3)16-12/h7-8,15H,5-6,9-10H2,1-4H3. The van der Waals surface area contributed by atoms with E-state index in [1.807, 2.05) is 32.9 Å². The van der Waals surface area contributed by atoms with Crippen LogP contribution in [0.2, 0.25) is 0 Å². The monoisotopic (exact) mass is 265 g/mol. The second-order valence-corrected chi connectivity index (χ2v) is 4.31. The van der Waals surface area contributed by atoms with Crippen LogP contribution in [0.3, 0.4) is 0 Å². The number of nitrogens with one attached hydrogen (secondary N) is 1. The first-order valence-electron chi connectivity index (χ1n) is 6.60. The molecule has 0 saturated heterocycles. The molecule has 0 fully saturated rings. The summed E-state index contributed by atoms with van der Waals surface area (Å²) >= 11 is 0. The SMILES string of the molecule is CCN(CC)C(=O)CNCc1cc(OC)cc(C)n1. The Morgan fingerprint density at radius 1 is 1.37 bits per heavy atom. The number of hydrogen-bond acceptors (Lipinski definition) is 4. The number of nitrogens with zero attached hydrogens (tertiary/aromatic N) is 2. The normalized spacial score (nSPS) is 10.3. The van der Waals surface area contributed by atoms with Crippen molar-refractivity contribution in [2.45, 2.75) is 27.3 Å². The van der Waals surface area contributed by atoms with E-state index in [1.165, 1.54) is 0 Å². The van der Waals surface area contributed by atoms with Crippen LogP contribution in [-0.4, -0.2) is 42.5 Å². The first kappa shape index (κ1) is 15.4. The van der Waals surface area contributed by atoms with E-state index >= 15 is 0 Å². The fraction of sp³-hybridized carbons (Fsp3) is 0.571. The lowest BCUT2D eigenvalue weighted by molar-refractivity contribution is -0.129. The predicted molar refractivity (Wildman–Crippen MR) is 75.2 cm³/mol. The summed E-state index contributed by atoms with van der Waals surface area (Å²) < 4.78 is 5.19. The van der Waals surface area contributed by atoms with Crippen LogP contribution in [0.25, 0.3) is 0 Å². The number of amides is 1. The van der Waals surface area contributed by atoms with Gasteiger partial charge in [-0.2, -0.15) is 0 Å². The lowest BCUT2D eigenvalue weighted by atomic mass is 10.3. The van der Waals surface area contributed by atoms with Gasteiger partial charge in [-0.05, 0) is 20.8 Å². The van der Waals surface area contributed by atoms with Gasteiger partial charge in [-0.3, -0.25) is 9.78 Å². The maximum absolute atomic E-state index is 11.8. The van der Waals surface area contributed by atoms with Gasteiger partial charge in [0.05, 0.1) is 19.3 Å². The summed E-state index contributed by atoms with van der Waals surface area (Å²) in [6, 6.07) is 3.76. The number of methoxy groups -OCH3 is 1. The molecule has 0 aliphatic heterocycles. The minimum atomic E-state index is 0.115. The Kier molecular flexibility index (Phi) is 6.29. The van der Waals surface area contributed by atoms with Gasteiger partial charge < -0.3 is 15.0 Å². The largest absolute Gasteiger partial charge is 0.497 e. The zero-order valence-corrected chi connectivity index (χ0v) is 12.2. The van der Waals surface area contributed by atoms with Crippen molar-refractivity contribution in [2.24, 2.45) is 0 Å². The molecular formula is C14H23N3O2. The highest BCUT2D eigenvalue weighted by Gasteiger charge is 2.08. The third kappa shape index (κ3) is 4.87. The van der Waals surface area contributed by atoms with Gasteiger partial charge in [-0.1, -0.05) is 0 Å². The van der Waals surface area contributed by atoms with E-state index in [9.17, 15) is 4.79 Å². The second kappa shape index (κ2) is 7.74. The summed E-state index contributed by atoms with van der Waals surface area (Å²) in [5, 5.41) is 3.12. The Morgan fingerprint density at radius 3 is 2.63 bits per heavy atom. The number of hydrogen-bond donors (Lipinski definition) is 1. The third-order valence-corrected chi connectivity index (χ3v) is 2.91. The van der Waals surface area contributed by atoms with Gasteiger partial charge in [0.2, 0.25) is 5.91 Å². The van der Waals surface area contributed by atoms with Crippen molar-refractivity contribution >= 4 is 5.91 Å². The second-order valence-electron chi connectivity index (χ2n) is 4.31. The predicted octanol–water partition coefficient (Wildman–Crippen LogP) is 1.36. The molecule has 19 heavy (non-hydrogen) atoms. The van der Waals surface area contributed by atoms with Gasteiger partial charge in [0.1, 0.15) is 5.75 Å². The van der Waals surface area contributed by atoms with Crippen LogP contribution in [0.4, 0.5) is 0 Å². The lowest BCUT2D eigenvalue weighted by Crippen LogP contribution is -2.37. The summed E-state index contributed by atoms with van der Waals surface area (Å²) in [7, 11) is 1.63. The van der Waals surface area contributed by atoms with E-state index in [4.69, 9.17) is 4.74 Å². The fourth-order valence-corrected chi connectivity index (χ4v) is 1.90. The molecular weight excluding hydrogens is 242 g/mol. The maximum Gasteiger partial charge on any atom is 0.236 e. The maximum atomic E-state index is 11.8. The van der Waals surface area contributed by atoms with Crippen LogP contribution in [-0.2, 0) is 11.3 Å². The van der Waals surface area contributed by atoms with Crippen molar-refractivity contribution in [3.8, 4) is 5.75 Å². The molecule has 5 nitrogen and oxygen atoms in total. The van der Waals surface area contributed by atoms with Gasteiger partial charge in [0.25, 0.3) is 0 Å². The Morgan fingerprint density at radius 2 is 2.05 bits per heavy atom. The van der Waals surface area contributed by atoms with Crippen molar-refractivity contribution in [1.82, 2.24) is 15.2 Å². The first-order chi connectivity index (χ1) is 9.10. The Bertz CT molecular complexity index is 417. The van der Waals surface area contributed by atoms with Crippen molar-refractivity contribution in [1.29, 1.82) is 0 Å². The van der Waals surface area contributed by atoms with Gasteiger partial charge >= 0.3 is 0 Å². The van der Waals surface area contributed by atoms with Crippen LogP contribution in [0.5, 0.6) is 5.75 Å². The first-order valence-corrected chi connectivity index (χ1v) is 6.60. The smallest absolute Gasteiger partial charge is 0.236 e. The molecule has 106 valence electrons. The molecule has 1 N–H and O–H groups in total. The van der Waals surface area contributed by atoms with Crippen molar-refractivity contribution in [2.75, 3.05) is 26.7 Å². The molecule has 1 aromatic rings. The minimum absolute atomic E-state index is 0.115. The molecule has 0 unspecified atom stereocenters. The van der Waals surface area contributed by atoms with Crippen LogP contribution < -0.4 is 10.1 Å². The Balaban J connectivity index is 2.49. The summed E-state index contributed by atoms with van der Waals surface area (Å²) in [5.41, 5.74) is 1.79. The zero-order valence-electron chi connectivity index (χ0n) is 12.2. The summed E-state index contributed by atoms with van der Waals surface area (Å²) in [6.07, 6.45) is 0. The number of aryl methyl sites for hydroxylation is 1. The number of carbonyl (C=O) groups is 1. The molecule has 1 rings (SSSR count). The number of carbonyl (C=O) groups excluding carboxylic acids is 1. The summed E-state index contributed by atoms with van der Waals surface area (Å²) in [6.45, 7) is 8.27.